The Hall–Kier alpha value is -1.71. The Bertz CT molecular complexity index is 489. The number of para-hydroxylation sites is 1. The molecule has 0 radical (unpaired) electrons. The molecule has 1 heterocycles. The largest absolute Gasteiger partial charge is 0.490 e. The number of aliphatic carboxylic acids is 1. The first kappa shape index (κ1) is 12.3. The number of hydrogen-bond acceptors (Lipinski definition) is 3. The van der Waals surface area contributed by atoms with E-state index in [0.29, 0.717) is 37.6 Å². The second-order valence-corrected chi connectivity index (χ2v) is 5.28. The minimum Gasteiger partial charge on any atom is -0.490 e. The Morgan fingerprint density at radius 2 is 1.84 bits per heavy atom. The third-order valence-corrected chi connectivity index (χ3v) is 4.15. The highest BCUT2D eigenvalue weighted by molar-refractivity contribution is 5.83. The van der Waals surface area contributed by atoms with Crippen molar-refractivity contribution in [3.8, 4) is 11.5 Å². The average Bonchev–Trinajstić information content (AvgIpc) is 2.78. The van der Waals surface area contributed by atoms with Gasteiger partial charge in [0.05, 0.1) is 18.6 Å². The second-order valence-electron chi connectivity index (χ2n) is 5.28. The molecule has 102 valence electrons. The zero-order valence-electron chi connectivity index (χ0n) is 10.9. The molecule has 4 heteroatoms. The van der Waals surface area contributed by atoms with E-state index in [0.717, 1.165) is 24.8 Å². The minimum absolute atomic E-state index is 0.583. The normalized spacial score (nSPS) is 20.8. The van der Waals surface area contributed by atoms with Crippen molar-refractivity contribution in [1.29, 1.82) is 0 Å². The molecule has 19 heavy (non-hydrogen) atoms. The van der Waals surface area contributed by atoms with Gasteiger partial charge in [0.15, 0.2) is 11.5 Å². The third kappa shape index (κ3) is 1.95. The van der Waals surface area contributed by atoms with E-state index in [1.165, 1.54) is 0 Å². The van der Waals surface area contributed by atoms with Gasteiger partial charge in [-0.2, -0.15) is 0 Å². The van der Waals surface area contributed by atoms with Crippen LogP contribution in [0.4, 0.5) is 0 Å². The second kappa shape index (κ2) is 4.76. The molecule has 0 atom stereocenters. The van der Waals surface area contributed by atoms with Crippen LogP contribution in [0.2, 0.25) is 0 Å². The van der Waals surface area contributed by atoms with E-state index in [1.807, 2.05) is 18.2 Å². The molecule has 4 nitrogen and oxygen atoms in total. The van der Waals surface area contributed by atoms with Crippen molar-refractivity contribution in [3.63, 3.8) is 0 Å². The van der Waals surface area contributed by atoms with Gasteiger partial charge in [0.1, 0.15) is 0 Å². The van der Waals surface area contributed by atoms with Crippen LogP contribution >= 0.6 is 0 Å². The topological polar surface area (TPSA) is 55.8 Å². The lowest BCUT2D eigenvalue weighted by atomic mass is 9.78. The fraction of sp³-hybridized carbons (Fsp3) is 0.533. The molecule has 0 unspecified atom stereocenters. The zero-order valence-corrected chi connectivity index (χ0v) is 10.9. The van der Waals surface area contributed by atoms with Crippen LogP contribution in [0.3, 0.4) is 0 Å². The summed E-state index contributed by atoms with van der Waals surface area (Å²) < 4.78 is 11.4. The van der Waals surface area contributed by atoms with Crippen LogP contribution in [0.1, 0.15) is 37.7 Å². The molecule has 1 fully saturated rings. The quantitative estimate of drug-likeness (QED) is 0.890. The minimum atomic E-state index is -0.793. The van der Waals surface area contributed by atoms with Crippen LogP contribution in [-0.2, 0) is 10.2 Å². The Labute approximate surface area is 112 Å². The van der Waals surface area contributed by atoms with Crippen molar-refractivity contribution in [2.45, 2.75) is 37.5 Å². The number of carboxylic acids is 1. The summed E-state index contributed by atoms with van der Waals surface area (Å²) >= 11 is 0. The maximum atomic E-state index is 11.8. The first-order valence-corrected chi connectivity index (χ1v) is 6.86. The first-order chi connectivity index (χ1) is 9.24. The summed E-state index contributed by atoms with van der Waals surface area (Å²) in [5.74, 6) is 0.582. The number of hydrogen-bond donors (Lipinski definition) is 1. The van der Waals surface area contributed by atoms with E-state index in [4.69, 9.17) is 9.47 Å². The van der Waals surface area contributed by atoms with Crippen molar-refractivity contribution in [2.24, 2.45) is 0 Å². The highest BCUT2D eigenvalue weighted by atomic mass is 16.5. The van der Waals surface area contributed by atoms with E-state index in [9.17, 15) is 9.90 Å². The summed E-state index contributed by atoms with van der Waals surface area (Å²) in [7, 11) is 0. The summed E-state index contributed by atoms with van der Waals surface area (Å²) in [4.78, 5) is 11.8. The Kier molecular flexibility index (Phi) is 3.09. The number of ether oxygens (including phenoxy) is 2. The monoisotopic (exact) mass is 262 g/mol. The molecule has 1 aliphatic carbocycles. The van der Waals surface area contributed by atoms with Crippen LogP contribution in [0.25, 0.3) is 0 Å². The molecular weight excluding hydrogens is 244 g/mol. The number of benzene rings is 1. The Morgan fingerprint density at radius 1 is 1.11 bits per heavy atom. The Balaban J connectivity index is 2.11. The molecule has 1 aliphatic heterocycles. The van der Waals surface area contributed by atoms with E-state index in [2.05, 4.69) is 0 Å². The number of carboxylic acid groups (broad SMARTS) is 1. The summed E-state index contributed by atoms with van der Waals surface area (Å²) in [5, 5.41) is 9.69. The molecular formula is C15H18O4. The van der Waals surface area contributed by atoms with E-state index in [-0.39, 0.29) is 0 Å². The molecule has 1 saturated carbocycles. The fourth-order valence-corrected chi connectivity index (χ4v) is 3.15. The van der Waals surface area contributed by atoms with Gasteiger partial charge in [-0.05, 0) is 18.9 Å². The van der Waals surface area contributed by atoms with Crippen molar-refractivity contribution < 1.29 is 19.4 Å². The predicted molar refractivity (Wildman–Crippen MR) is 69.8 cm³/mol. The van der Waals surface area contributed by atoms with E-state index < -0.39 is 11.4 Å². The summed E-state index contributed by atoms with van der Waals surface area (Å²) in [6, 6.07) is 5.60. The molecule has 0 saturated heterocycles. The lowest BCUT2D eigenvalue weighted by Crippen LogP contribution is -2.33. The van der Waals surface area contributed by atoms with Gasteiger partial charge in [-0.25, -0.2) is 0 Å². The van der Waals surface area contributed by atoms with E-state index in [1.54, 1.807) is 0 Å². The molecule has 0 amide bonds. The van der Waals surface area contributed by atoms with Gasteiger partial charge >= 0.3 is 5.97 Å². The molecule has 2 aliphatic rings. The average molecular weight is 262 g/mol. The third-order valence-electron chi connectivity index (χ3n) is 4.15. The van der Waals surface area contributed by atoms with Gasteiger partial charge < -0.3 is 14.6 Å². The zero-order chi connectivity index (χ0) is 13.3. The lowest BCUT2D eigenvalue weighted by molar-refractivity contribution is -0.143. The molecule has 0 aromatic heterocycles. The highest BCUT2D eigenvalue weighted by Gasteiger charge is 2.45. The maximum Gasteiger partial charge on any atom is 0.314 e. The summed E-state index contributed by atoms with van der Waals surface area (Å²) in [6.45, 7) is 1.20. The van der Waals surface area contributed by atoms with Gasteiger partial charge in [0.2, 0.25) is 0 Å². The van der Waals surface area contributed by atoms with Gasteiger partial charge in [-0.3, -0.25) is 4.79 Å². The lowest BCUT2D eigenvalue weighted by Gasteiger charge is -2.27. The predicted octanol–water partition coefficient (Wildman–Crippen LogP) is 2.74. The van der Waals surface area contributed by atoms with Crippen LogP contribution in [0.5, 0.6) is 11.5 Å². The standard InChI is InChI=1S/C15H18O4/c16-14(17)15(7-1-2-8-15)11-5-3-6-12-13(11)19-10-4-9-18-12/h3,5-6H,1-2,4,7-10H2,(H,16,17). The van der Waals surface area contributed by atoms with Gasteiger partial charge in [-0.15, -0.1) is 0 Å². The van der Waals surface area contributed by atoms with Crippen LogP contribution in [0.15, 0.2) is 18.2 Å². The van der Waals surface area contributed by atoms with Crippen molar-refractivity contribution in [2.75, 3.05) is 13.2 Å². The van der Waals surface area contributed by atoms with Gasteiger partial charge in [0.25, 0.3) is 0 Å². The molecule has 0 spiro atoms. The fourth-order valence-electron chi connectivity index (χ4n) is 3.15. The summed E-state index contributed by atoms with van der Waals surface area (Å²) in [5.41, 5.74) is -0.00382. The first-order valence-electron chi connectivity index (χ1n) is 6.86. The molecule has 1 aromatic rings. The van der Waals surface area contributed by atoms with Crippen LogP contribution in [-0.4, -0.2) is 24.3 Å². The van der Waals surface area contributed by atoms with E-state index >= 15 is 0 Å². The summed E-state index contributed by atoms with van der Waals surface area (Å²) in [6.07, 6.45) is 4.10. The molecule has 0 bridgehead atoms. The van der Waals surface area contributed by atoms with Crippen molar-refractivity contribution in [1.82, 2.24) is 0 Å². The van der Waals surface area contributed by atoms with Crippen LogP contribution < -0.4 is 9.47 Å². The number of carbonyl (C=O) groups is 1. The maximum absolute atomic E-state index is 11.8. The van der Waals surface area contributed by atoms with Crippen molar-refractivity contribution in [3.05, 3.63) is 23.8 Å². The smallest absolute Gasteiger partial charge is 0.314 e. The number of fused-ring (bicyclic) bond motifs is 1. The highest BCUT2D eigenvalue weighted by Crippen LogP contribution is 2.48. The molecule has 3 rings (SSSR count). The Morgan fingerprint density at radius 3 is 2.58 bits per heavy atom. The van der Waals surface area contributed by atoms with Crippen LogP contribution in [0, 0.1) is 0 Å². The van der Waals surface area contributed by atoms with Gasteiger partial charge in [-0.1, -0.05) is 25.0 Å². The molecule has 1 aromatic carbocycles. The van der Waals surface area contributed by atoms with Crippen molar-refractivity contribution >= 4 is 5.97 Å². The molecule has 1 N–H and O–H groups in total. The SMILES string of the molecule is O=C(O)C1(c2cccc3c2OCCCO3)CCCC1. The number of rotatable bonds is 2. The van der Waals surface area contributed by atoms with Gasteiger partial charge in [0, 0.05) is 12.0 Å².